The summed E-state index contributed by atoms with van der Waals surface area (Å²) in [5.41, 5.74) is 1.05. The first-order valence-electron chi connectivity index (χ1n) is 6.74. The van der Waals surface area contributed by atoms with E-state index < -0.39 is 11.7 Å². The summed E-state index contributed by atoms with van der Waals surface area (Å²) in [6.45, 7) is 6.21. The van der Waals surface area contributed by atoms with E-state index in [9.17, 15) is 13.2 Å². The molecule has 0 N–H and O–H groups in total. The average Bonchev–Trinajstić information content (AvgIpc) is 2.37. The minimum absolute atomic E-state index is 0.326. The molecule has 0 spiro atoms. The molecule has 5 heteroatoms. The number of halogens is 3. The van der Waals surface area contributed by atoms with E-state index in [4.69, 9.17) is 0 Å². The fourth-order valence-corrected chi connectivity index (χ4v) is 1.83. The van der Waals surface area contributed by atoms with Crippen molar-refractivity contribution in [3.8, 4) is 0 Å². The van der Waals surface area contributed by atoms with Gasteiger partial charge < -0.3 is 0 Å². The highest BCUT2D eigenvalue weighted by Crippen LogP contribution is 2.30. The molecule has 2 nitrogen and oxygen atoms in total. The zero-order valence-corrected chi connectivity index (χ0v) is 12.3. The van der Waals surface area contributed by atoms with E-state index in [1.165, 1.54) is 12.1 Å². The summed E-state index contributed by atoms with van der Waals surface area (Å²) in [5, 5.41) is 6.13. The molecule has 0 bridgehead atoms. The van der Waals surface area contributed by atoms with E-state index in [0.717, 1.165) is 30.7 Å². The predicted molar refractivity (Wildman–Crippen MR) is 77.0 cm³/mol. The molecule has 1 aromatic rings. The summed E-state index contributed by atoms with van der Waals surface area (Å²) in [5.74, 6) is 0.326. The maximum Gasteiger partial charge on any atom is 0.416 e. The molecule has 0 heterocycles. The third-order valence-corrected chi connectivity index (χ3v) is 3.02. The van der Waals surface area contributed by atoms with Gasteiger partial charge >= 0.3 is 6.18 Å². The monoisotopic (exact) mass is 286 g/mol. The Kier molecular flexibility index (Phi) is 5.60. The molecule has 1 aromatic carbocycles. The van der Waals surface area contributed by atoms with Crippen LogP contribution in [-0.2, 0) is 6.18 Å². The number of nitrogens with zero attached hydrogens (tertiary/aromatic N) is 2. The van der Waals surface area contributed by atoms with E-state index in [1.54, 1.807) is 12.1 Å². The predicted octanol–water partition coefficient (Wildman–Crippen LogP) is 4.95. The van der Waals surface area contributed by atoms with Crippen LogP contribution in [0, 0.1) is 5.92 Å². The van der Waals surface area contributed by atoms with Crippen LogP contribution in [0.1, 0.15) is 39.2 Å². The normalized spacial score (nSPS) is 12.9. The van der Waals surface area contributed by atoms with Crippen molar-refractivity contribution in [1.29, 1.82) is 0 Å². The maximum absolute atomic E-state index is 12.5. The van der Waals surface area contributed by atoms with E-state index in [1.807, 2.05) is 0 Å². The van der Waals surface area contributed by atoms with Gasteiger partial charge in [-0.25, -0.2) is 0 Å². The minimum atomic E-state index is -4.30. The Bertz CT molecular complexity index is 447. The van der Waals surface area contributed by atoms with Gasteiger partial charge in [-0.05, 0) is 36.6 Å². The zero-order valence-electron chi connectivity index (χ0n) is 12.3. The van der Waals surface area contributed by atoms with E-state index in [0.29, 0.717) is 11.6 Å². The van der Waals surface area contributed by atoms with Crippen LogP contribution in [0.15, 0.2) is 29.4 Å². The molecule has 0 amide bonds. The molecule has 1 rings (SSSR count). The van der Waals surface area contributed by atoms with Gasteiger partial charge in [0, 0.05) is 12.8 Å². The van der Waals surface area contributed by atoms with Crippen molar-refractivity contribution >= 4 is 11.4 Å². The summed E-state index contributed by atoms with van der Waals surface area (Å²) in [6, 6.07) is 5.04. The second-order valence-corrected chi connectivity index (χ2v) is 5.06. The van der Waals surface area contributed by atoms with Gasteiger partial charge in [0.2, 0.25) is 0 Å². The van der Waals surface area contributed by atoms with Crippen LogP contribution in [0.25, 0.3) is 0 Å². The molecule has 20 heavy (non-hydrogen) atoms. The SMILES string of the molecule is CCC/C(=N\N(C)c1ccc(C(F)(F)F)cc1)C(C)C. The van der Waals surface area contributed by atoms with Crippen molar-refractivity contribution in [2.24, 2.45) is 11.0 Å². The molecule has 0 radical (unpaired) electrons. The van der Waals surface area contributed by atoms with Gasteiger partial charge in [-0.2, -0.15) is 18.3 Å². The summed E-state index contributed by atoms with van der Waals surface area (Å²) in [4.78, 5) is 0. The highest BCUT2D eigenvalue weighted by molar-refractivity contribution is 5.86. The van der Waals surface area contributed by atoms with Crippen molar-refractivity contribution in [3.63, 3.8) is 0 Å². The van der Waals surface area contributed by atoms with Gasteiger partial charge in [-0.1, -0.05) is 27.2 Å². The third-order valence-electron chi connectivity index (χ3n) is 3.02. The maximum atomic E-state index is 12.5. The van der Waals surface area contributed by atoms with Crippen LogP contribution in [0.5, 0.6) is 0 Å². The first-order chi connectivity index (χ1) is 9.25. The van der Waals surface area contributed by atoms with Gasteiger partial charge in [0.25, 0.3) is 0 Å². The number of hydrazone groups is 1. The first-order valence-corrected chi connectivity index (χ1v) is 6.74. The zero-order chi connectivity index (χ0) is 15.3. The van der Waals surface area contributed by atoms with E-state index >= 15 is 0 Å². The lowest BCUT2D eigenvalue weighted by atomic mass is 10.0. The molecule has 112 valence electrons. The molecular weight excluding hydrogens is 265 g/mol. The van der Waals surface area contributed by atoms with Gasteiger partial charge in [0.15, 0.2) is 0 Å². The smallest absolute Gasteiger partial charge is 0.269 e. The van der Waals surface area contributed by atoms with Crippen molar-refractivity contribution < 1.29 is 13.2 Å². The van der Waals surface area contributed by atoms with Gasteiger partial charge in [0.05, 0.1) is 11.3 Å². The van der Waals surface area contributed by atoms with Gasteiger partial charge in [0.1, 0.15) is 0 Å². The number of alkyl halides is 3. The number of rotatable bonds is 5. The molecule has 0 atom stereocenters. The quantitative estimate of drug-likeness (QED) is 0.552. The van der Waals surface area contributed by atoms with Crippen molar-refractivity contribution in [1.82, 2.24) is 0 Å². The minimum Gasteiger partial charge on any atom is -0.269 e. The Balaban J connectivity index is 2.92. The second-order valence-electron chi connectivity index (χ2n) is 5.06. The van der Waals surface area contributed by atoms with Crippen molar-refractivity contribution in [2.45, 2.75) is 39.8 Å². The standard InChI is InChI=1S/C15H21F3N2/c1-5-6-14(11(2)3)19-20(4)13-9-7-12(8-10-13)15(16,17)18/h7-11H,5-6H2,1-4H3/b19-14+. The lowest BCUT2D eigenvalue weighted by Crippen LogP contribution is -2.17. The van der Waals surface area contributed by atoms with Crippen LogP contribution in [0.3, 0.4) is 0 Å². The van der Waals surface area contributed by atoms with Crippen LogP contribution in [0.2, 0.25) is 0 Å². The Morgan fingerprint density at radius 1 is 1.20 bits per heavy atom. The molecular formula is C15H21F3N2. The molecule has 0 aliphatic carbocycles. The molecule has 0 unspecified atom stereocenters. The molecule has 0 saturated heterocycles. The number of hydrogen-bond acceptors (Lipinski definition) is 2. The summed E-state index contributed by atoms with van der Waals surface area (Å²) < 4.78 is 37.5. The lowest BCUT2D eigenvalue weighted by molar-refractivity contribution is -0.137. The highest BCUT2D eigenvalue weighted by Gasteiger charge is 2.30. The Hall–Kier alpha value is -1.52. The van der Waals surface area contributed by atoms with Crippen LogP contribution < -0.4 is 5.01 Å². The number of hydrogen-bond donors (Lipinski definition) is 0. The second kappa shape index (κ2) is 6.77. The highest BCUT2D eigenvalue weighted by atomic mass is 19.4. The van der Waals surface area contributed by atoms with E-state index in [2.05, 4.69) is 25.9 Å². The fourth-order valence-electron chi connectivity index (χ4n) is 1.83. The van der Waals surface area contributed by atoms with Gasteiger partial charge in [-0.15, -0.1) is 0 Å². The Morgan fingerprint density at radius 3 is 2.15 bits per heavy atom. The fraction of sp³-hybridized carbons (Fsp3) is 0.533. The summed E-state index contributed by atoms with van der Waals surface area (Å²) in [6.07, 6.45) is -2.41. The molecule has 0 aliphatic rings. The third kappa shape index (κ3) is 4.54. The molecule has 0 aromatic heterocycles. The summed E-state index contributed by atoms with van der Waals surface area (Å²) >= 11 is 0. The number of benzene rings is 1. The van der Waals surface area contributed by atoms with Gasteiger partial charge in [-0.3, -0.25) is 5.01 Å². The Morgan fingerprint density at radius 2 is 1.75 bits per heavy atom. The average molecular weight is 286 g/mol. The van der Waals surface area contributed by atoms with Crippen molar-refractivity contribution in [3.05, 3.63) is 29.8 Å². The first kappa shape index (κ1) is 16.5. The molecule has 0 saturated carbocycles. The van der Waals surface area contributed by atoms with Crippen molar-refractivity contribution in [2.75, 3.05) is 12.1 Å². The lowest BCUT2D eigenvalue weighted by Gasteiger charge is -2.18. The summed E-state index contributed by atoms with van der Waals surface area (Å²) in [7, 11) is 1.75. The number of anilines is 1. The van der Waals surface area contributed by atoms with Crippen LogP contribution >= 0.6 is 0 Å². The topological polar surface area (TPSA) is 15.6 Å². The van der Waals surface area contributed by atoms with E-state index in [-0.39, 0.29) is 0 Å². The molecule has 0 fully saturated rings. The van der Waals surface area contributed by atoms with Crippen LogP contribution in [-0.4, -0.2) is 12.8 Å². The Labute approximate surface area is 118 Å². The van der Waals surface area contributed by atoms with Crippen LogP contribution in [0.4, 0.5) is 18.9 Å². The molecule has 0 aliphatic heterocycles. The largest absolute Gasteiger partial charge is 0.416 e.